The quantitative estimate of drug-likeness (QED) is 0.646. The summed E-state index contributed by atoms with van der Waals surface area (Å²) >= 11 is 0. The number of benzene rings is 1. The predicted octanol–water partition coefficient (Wildman–Crippen LogP) is 0.907. The van der Waals surface area contributed by atoms with Gasteiger partial charge >= 0.3 is 0 Å². The van der Waals surface area contributed by atoms with Crippen LogP contribution in [0.2, 0.25) is 0 Å². The molecule has 5 nitrogen and oxygen atoms in total. The minimum Gasteiger partial charge on any atom is -0.504 e. The first kappa shape index (κ1) is 12.7. The van der Waals surface area contributed by atoms with Crippen molar-refractivity contribution < 1.29 is 15.0 Å². The minimum atomic E-state index is -0.366. The molecule has 2 rings (SSSR count). The molecule has 1 aromatic carbocycles. The monoisotopic (exact) mass is 250 g/mol. The van der Waals surface area contributed by atoms with E-state index in [4.69, 9.17) is 5.73 Å². The van der Waals surface area contributed by atoms with Crippen LogP contribution in [-0.2, 0) is 0 Å². The van der Waals surface area contributed by atoms with E-state index in [2.05, 4.69) is 0 Å². The number of carbonyl (C=O) groups excluding carboxylic acids is 1. The van der Waals surface area contributed by atoms with Crippen molar-refractivity contribution in [1.29, 1.82) is 0 Å². The molecule has 0 bridgehead atoms. The highest BCUT2D eigenvalue weighted by Crippen LogP contribution is 2.30. The van der Waals surface area contributed by atoms with Crippen LogP contribution in [0, 0.1) is 5.92 Å². The van der Waals surface area contributed by atoms with Crippen LogP contribution in [0.15, 0.2) is 18.2 Å². The number of hydrogen-bond acceptors (Lipinski definition) is 4. The van der Waals surface area contributed by atoms with E-state index in [1.54, 1.807) is 4.90 Å². The van der Waals surface area contributed by atoms with Gasteiger partial charge in [-0.1, -0.05) is 13.0 Å². The first-order valence-electron chi connectivity index (χ1n) is 6.05. The number of piperidine rings is 1. The van der Waals surface area contributed by atoms with Gasteiger partial charge in [0.05, 0.1) is 5.56 Å². The summed E-state index contributed by atoms with van der Waals surface area (Å²) in [4.78, 5) is 13.9. The van der Waals surface area contributed by atoms with E-state index in [9.17, 15) is 15.0 Å². The van der Waals surface area contributed by atoms with Gasteiger partial charge in [0.15, 0.2) is 11.5 Å². The van der Waals surface area contributed by atoms with E-state index < -0.39 is 0 Å². The fraction of sp³-hybridized carbons (Fsp3) is 0.462. The molecule has 0 aliphatic carbocycles. The summed E-state index contributed by atoms with van der Waals surface area (Å²) < 4.78 is 0. The van der Waals surface area contributed by atoms with Crippen molar-refractivity contribution in [2.45, 2.75) is 19.4 Å². The van der Waals surface area contributed by atoms with Gasteiger partial charge in [-0.05, 0) is 24.5 Å². The van der Waals surface area contributed by atoms with Crippen molar-refractivity contribution >= 4 is 5.91 Å². The lowest BCUT2D eigenvalue weighted by molar-refractivity contribution is 0.0657. The molecule has 98 valence electrons. The number of likely N-dealkylation sites (tertiary alicyclic amines) is 1. The Bertz CT molecular complexity index is 452. The molecule has 1 aliphatic heterocycles. The lowest BCUT2D eigenvalue weighted by Gasteiger charge is -2.34. The topological polar surface area (TPSA) is 86.8 Å². The van der Waals surface area contributed by atoms with E-state index in [0.29, 0.717) is 19.0 Å². The molecule has 2 atom stereocenters. The summed E-state index contributed by atoms with van der Waals surface area (Å²) in [5.41, 5.74) is 6.02. The van der Waals surface area contributed by atoms with Crippen LogP contribution in [0.25, 0.3) is 0 Å². The van der Waals surface area contributed by atoms with Crippen molar-refractivity contribution in [3.63, 3.8) is 0 Å². The largest absolute Gasteiger partial charge is 0.504 e. The zero-order valence-corrected chi connectivity index (χ0v) is 10.3. The zero-order chi connectivity index (χ0) is 13.3. The third kappa shape index (κ3) is 2.41. The Morgan fingerprint density at radius 1 is 1.39 bits per heavy atom. The Labute approximate surface area is 106 Å². The van der Waals surface area contributed by atoms with Crippen LogP contribution in [0.1, 0.15) is 23.7 Å². The number of para-hydroxylation sites is 1. The number of amides is 1. The summed E-state index contributed by atoms with van der Waals surface area (Å²) in [7, 11) is 0. The SMILES string of the molecule is CC1CC(N)CN(C(=O)c2cccc(O)c2O)C1. The van der Waals surface area contributed by atoms with Gasteiger partial charge in [-0.15, -0.1) is 0 Å². The van der Waals surface area contributed by atoms with E-state index in [-0.39, 0.29) is 29.0 Å². The maximum Gasteiger partial charge on any atom is 0.257 e. The molecule has 5 heteroatoms. The molecule has 1 saturated heterocycles. The Morgan fingerprint density at radius 2 is 2.11 bits per heavy atom. The van der Waals surface area contributed by atoms with E-state index >= 15 is 0 Å². The highest BCUT2D eigenvalue weighted by Gasteiger charge is 2.28. The standard InChI is InChI=1S/C13H18N2O3/c1-8-5-9(14)7-15(6-8)13(18)10-3-2-4-11(16)12(10)17/h2-4,8-9,16-17H,5-7,14H2,1H3. The summed E-state index contributed by atoms with van der Waals surface area (Å²) in [6.45, 7) is 3.15. The third-order valence-electron chi connectivity index (χ3n) is 3.22. The minimum absolute atomic E-state index is 0.0304. The molecule has 1 amide bonds. The number of nitrogens with zero attached hydrogens (tertiary/aromatic N) is 1. The molecule has 0 aromatic heterocycles. The Hall–Kier alpha value is -1.75. The predicted molar refractivity (Wildman–Crippen MR) is 67.4 cm³/mol. The van der Waals surface area contributed by atoms with Gasteiger partial charge in [-0.25, -0.2) is 0 Å². The number of phenols is 2. The van der Waals surface area contributed by atoms with Crippen LogP contribution in [0.5, 0.6) is 11.5 Å². The molecule has 1 aromatic rings. The second-order valence-electron chi connectivity index (χ2n) is 4.98. The number of hydrogen-bond donors (Lipinski definition) is 3. The fourth-order valence-electron chi connectivity index (χ4n) is 2.44. The maximum absolute atomic E-state index is 12.3. The van der Waals surface area contributed by atoms with Crippen molar-refractivity contribution in [2.24, 2.45) is 11.7 Å². The van der Waals surface area contributed by atoms with Crippen LogP contribution in [0.3, 0.4) is 0 Å². The normalized spacial score (nSPS) is 24.0. The number of aromatic hydroxyl groups is 2. The van der Waals surface area contributed by atoms with E-state index in [1.165, 1.54) is 18.2 Å². The fourth-order valence-corrected chi connectivity index (χ4v) is 2.44. The van der Waals surface area contributed by atoms with Crippen LogP contribution < -0.4 is 5.73 Å². The van der Waals surface area contributed by atoms with Crippen LogP contribution >= 0.6 is 0 Å². The Kier molecular flexibility index (Phi) is 3.43. The Balaban J connectivity index is 2.23. The first-order valence-corrected chi connectivity index (χ1v) is 6.05. The van der Waals surface area contributed by atoms with Crippen LogP contribution in [-0.4, -0.2) is 40.2 Å². The highest BCUT2D eigenvalue weighted by molar-refractivity contribution is 5.97. The highest BCUT2D eigenvalue weighted by atomic mass is 16.3. The van der Waals surface area contributed by atoms with Gasteiger partial charge in [0.1, 0.15) is 0 Å². The summed E-state index contributed by atoms with van der Waals surface area (Å²) in [5, 5.41) is 19.1. The number of phenolic OH excluding ortho intramolecular Hbond substituents is 2. The average molecular weight is 250 g/mol. The molecule has 4 N–H and O–H groups in total. The van der Waals surface area contributed by atoms with Crippen molar-refractivity contribution in [3.05, 3.63) is 23.8 Å². The van der Waals surface area contributed by atoms with Gasteiger partial charge in [-0.2, -0.15) is 0 Å². The number of carbonyl (C=O) groups is 1. The zero-order valence-electron chi connectivity index (χ0n) is 10.3. The van der Waals surface area contributed by atoms with Gasteiger partial charge in [0.25, 0.3) is 5.91 Å². The molecule has 1 heterocycles. The van der Waals surface area contributed by atoms with Gasteiger partial charge in [-0.3, -0.25) is 4.79 Å². The smallest absolute Gasteiger partial charge is 0.257 e. The molecule has 0 radical (unpaired) electrons. The molecule has 1 aliphatic rings. The second-order valence-corrected chi connectivity index (χ2v) is 4.98. The van der Waals surface area contributed by atoms with Gasteiger partial charge < -0.3 is 20.8 Å². The van der Waals surface area contributed by atoms with E-state index in [1.807, 2.05) is 6.92 Å². The molecular formula is C13H18N2O3. The van der Waals surface area contributed by atoms with Crippen molar-refractivity contribution in [1.82, 2.24) is 4.90 Å². The molecule has 2 unspecified atom stereocenters. The van der Waals surface area contributed by atoms with Gasteiger partial charge in [0.2, 0.25) is 0 Å². The third-order valence-corrected chi connectivity index (χ3v) is 3.22. The molecule has 0 spiro atoms. The summed E-state index contributed by atoms with van der Waals surface area (Å²) in [6, 6.07) is 4.35. The Morgan fingerprint density at radius 3 is 2.78 bits per heavy atom. The number of rotatable bonds is 1. The number of nitrogens with two attached hydrogens (primary N) is 1. The summed E-state index contributed by atoms with van der Waals surface area (Å²) in [5.74, 6) is -0.591. The molecule has 0 saturated carbocycles. The van der Waals surface area contributed by atoms with Gasteiger partial charge in [0, 0.05) is 19.1 Å². The lowest BCUT2D eigenvalue weighted by Crippen LogP contribution is -2.48. The molecule has 1 fully saturated rings. The summed E-state index contributed by atoms with van der Waals surface area (Å²) in [6.07, 6.45) is 0.899. The molecule has 18 heavy (non-hydrogen) atoms. The second kappa shape index (κ2) is 4.86. The van der Waals surface area contributed by atoms with E-state index in [0.717, 1.165) is 6.42 Å². The maximum atomic E-state index is 12.3. The molecular weight excluding hydrogens is 232 g/mol. The van der Waals surface area contributed by atoms with Crippen LogP contribution in [0.4, 0.5) is 0 Å². The average Bonchev–Trinajstić information content (AvgIpc) is 2.30. The first-order chi connectivity index (χ1) is 8.49. The van der Waals surface area contributed by atoms with Crippen molar-refractivity contribution in [3.8, 4) is 11.5 Å². The van der Waals surface area contributed by atoms with Crippen molar-refractivity contribution in [2.75, 3.05) is 13.1 Å². The lowest BCUT2D eigenvalue weighted by atomic mass is 9.96.